The second-order valence-electron chi connectivity index (χ2n) is 21.9. The Kier molecular flexibility index (Phi) is 60.6. The number of carbonyl (C=O) groups is 2. The van der Waals surface area contributed by atoms with Crippen molar-refractivity contribution in [3.05, 3.63) is 12.2 Å². The highest BCUT2D eigenvalue weighted by molar-refractivity contribution is 5.69. The summed E-state index contributed by atoms with van der Waals surface area (Å²) in [5.41, 5.74) is 0. The van der Waals surface area contributed by atoms with E-state index in [1.165, 1.54) is 334 Å². The number of esters is 1. The topological polar surface area (TPSA) is 63.6 Å². The normalized spacial score (nSPS) is 11.7. The molecule has 4 heteroatoms. The van der Waals surface area contributed by atoms with Crippen LogP contribution in [-0.4, -0.2) is 23.7 Å². The first-order chi connectivity index (χ1) is 33.7. The van der Waals surface area contributed by atoms with Gasteiger partial charge in [0.1, 0.15) is 0 Å². The van der Waals surface area contributed by atoms with Crippen LogP contribution in [0.5, 0.6) is 0 Å². The highest BCUT2D eigenvalue weighted by atomic mass is 16.5. The number of ether oxygens (including phenoxy) is 1. The molecule has 0 heterocycles. The summed E-state index contributed by atoms with van der Waals surface area (Å²) >= 11 is 0. The Labute approximate surface area is 427 Å². The number of aliphatic carboxylic acids is 1. The molecule has 0 amide bonds. The zero-order valence-corrected chi connectivity index (χ0v) is 46.5. The van der Waals surface area contributed by atoms with Crippen molar-refractivity contribution >= 4 is 11.9 Å². The Morgan fingerprint density at radius 1 is 0.279 bits per heavy atom. The number of carboxylic acid groups (broad SMARTS) is 1. The minimum Gasteiger partial charge on any atom is -0.481 e. The van der Waals surface area contributed by atoms with E-state index in [-0.39, 0.29) is 5.97 Å². The maximum Gasteiger partial charge on any atom is 0.305 e. The van der Waals surface area contributed by atoms with Gasteiger partial charge in [0.05, 0.1) is 6.61 Å². The Morgan fingerprint density at radius 2 is 0.485 bits per heavy atom. The summed E-state index contributed by atoms with van der Waals surface area (Å²) in [4.78, 5) is 22.6. The first kappa shape index (κ1) is 66.7. The zero-order valence-electron chi connectivity index (χ0n) is 46.5. The molecule has 68 heavy (non-hydrogen) atoms. The zero-order chi connectivity index (χ0) is 49.0. The lowest BCUT2D eigenvalue weighted by atomic mass is 10.0. The fourth-order valence-corrected chi connectivity index (χ4v) is 10.2. The summed E-state index contributed by atoms with van der Waals surface area (Å²) in [5, 5.41) is 8.68. The molecule has 4 nitrogen and oxygen atoms in total. The monoisotopic (exact) mass is 957 g/mol. The number of carboxylic acids is 1. The van der Waals surface area contributed by atoms with E-state index in [2.05, 4.69) is 19.1 Å². The van der Waals surface area contributed by atoms with Gasteiger partial charge in [-0.3, -0.25) is 9.59 Å². The molecule has 0 aliphatic rings. The summed E-state index contributed by atoms with van der Waals surface area (Å²) in [5.74, 6) is -0.622. The van der Waals surface area contributed by atoms with Gasteiger partial charge in [0.2, 0.25) is 0 Å². The quantitative estimate of drug-likeness (QED) is 0.0375. The third-order valence-electron chi connectivity index (χ3n) is 14.9. The molecule has 0 saturated carbocycles. The molecule has 0 aromatic rings. The fourth-order valence-electron chi connectivity index (χ4n) is 10.2. The van der Waals surface area contributed by atoms with E-state index >= 15 is 0 Å². The molecule has 0 aromatic carbocycles. The van der Waals surface area contributed by atoms with Gasteiger partial charge >= 0.3 is 11.9 Å². The van der Waals surface area contributed by atoms with Crippen molar-refractivity contribution in [2.24, 2.45) is 0 Å². The van der Waals surface area contributed by atoms with Crippen LogP contribution < -0.4 is 0 Å². The molecule has 0 unspecified atom stereocenters. The molecular weight excluding hydrogens is 833 g/mol. The number of hydrogen-bond donors (Lipinski definition) is 1. The first-order valence-electron chi connectivity index (χ1n) is 31.7. The maximum atomic E-state index is 12.1. The SMILES string of the molecule is CCCCCCCCC=CCCCCCCCCCCCCCC(=O)OCCCCCCCCCCCCCCCCCCCCCCCCCCCCCCCCCCCCCCCC(=O)O. The van der Waals surface area contributed by atoms with E-state index < -0.39 is 5.97 Å². The van der Waals surface area contributed by atoms with Crippen molar-refractivity contribution in [1.29, 1.82) is 0 Å². The number of hydrogen-bond acceptors (Lipinski definition) is 3. The van der Waals surface area contributed by atoms with Crippen molar-refractivity contribution in [3.8, 4) is 0 Å². The molecule has 0 fully saturated rings. The maximum absolute atomic E-state index is 12.1. The lowest BCUT2D eigenvalue weighted by molar-refractivity contribution is -0.144. The molecule has 0 rings (SSSR count). The number of unbranched alkanes of at least 4 members (excludes halogenated alkanes) is 53. The van der Waals surface area contributed by atoms with Crippen molar-refractivity contribution in [2.75, 3.05) is 6.61 Å². The van der Waals surface area contributed by atoms with E-state index in [1.54, 1.807) is 0 Å². The molecule has 404 valence electrons. The molecule has 0 aromatic heterocycles. The van der Waals surface area contributed by atoms with Crippen LogP contribution >= 0.6 is 0 Å². The van der Waals surface area contributed by atoms with Crippen LogP contribution in [0.25, 0.3) is 0 Å². The minimum absolute atomic E-state index is 0.0272. The predicted molar refractivity (Wildman–Crippen MR) is 301 cm³/mol. The van der Waals surface area contributed by atoms with Gasteiger partial charge in [-0.25, -0.2) is 0 Å². The van der Waals surface area contributed by atoms with E-state index in [0.29, 0.717) is 19.4 Å². The van der Waals surface area contributed by atoms with Crippen LogP contribution in [0.2, 0.25) is 0 Å². The summed E-state index contributed by atoms with van der Waals surface area (Å²) < 4.78 is 5.51. The Bertz CT molecular complexity index is 975. The van der Waals surface area contributed by atoms with Gasteiger partial charge in [-0.2, -0.15) is 0 Å². The van der Waals surface area contributed by atoms with Crippen LogP contribution in [0.15, 0.2) is 12.2 Å². The number of allylic oxidation sites excluding steroid dienone is 2. The third-order valence-corrected chi connectivity index (χ3v) is 14.9. The molecule has 0 atom stereocenters. The molecule has 0 spiro atoms. The van der Waals surface area contributed by atoms with Gasteiger partial charge in [-0.1, -0.05) is 334 Å². The van der Waals surface area contributed by atoms with Crippen molar-refractivity contribution in [2.45, 2.75) is 379 Å². The molecular formula is C64H124O4. The van der Waals surface area contributed by atoms with E-state index in [9.17, 15) is 9.59 Å². The van der Waals surface area contributed by atoms with Crippen molar-refractivity contribution < 1.29 is 19.4 Å². The highest BCUT2D eigenvalue weighted by Crippen LogP contribution is 2.19. The predicted octanol–water partition coefficient (Wildman–Crippen LogP) is 22.8. The Morgan fingerprint density at radius 3 is 0.735 bits per heavy atom. The third kappa shape index (κ3) is 62.7. The lowest BCUT2D eigenvalue weighted by Gasteiger charge is -2.06. The van der Waals surface area contributed by atoms with Gasteiger partial charge in [0, 0.05) is 12.8 Å². The van der Waals surface area contributed by atoms with Crippen molar-refractivity contribution in [3.63, 3.8) is 0 Å². The van der Waals surface area contributed by atoms with Gasteiger partial charge in [0.25, 0.3) is 0 Å². The van der Waals surface area contributed by atoms with E-state index in [4.69, 9.17) is 9.84 Å². The average Bonchev–Trinajstić information content (AvgIpc) is 3.33. The van der Waals surface area contributed by atoms with E-state index in [0.717, 1.165) is 25.7 Å². The van der Waals surface area contributed by atoms with Crippen LogP contribution in [0.3, 0.4) is 0 Å². The van der Waals surface area contributed by atoms with Crippen LogP contribution in [-0.2, 0) is 14.3 Å². The van der Waals surface area contributed by atoms with Gasteiger partial charge < -0.3 is 9.84 Å². The molecule has 0 radical (unpaired) electrons. The molecule has 0 aliphatic carbocycles. The van der Waals surface area contributed by atoms with E-state index in [1.807, 2.05) is 0 Å². The standard InChI is InChI=1S/C64H124O4/c1-2-3-4-5-6-7-8-9-10-11-12-30-34-37-40-43-46-49-52-55-58-61-64(67)68-62-59-56-53-50-47-44-41-38-35-32-29-27-25-23-21-19-17-15-13-14-16-18-20-22-24-26-28-31-33-36-39-42-45-48-51-54-57-60-63(65)66/h9-10H,2-8,11-62H2,1H3,(H,65,66). The van der Waals surface area contributed by atoms with Crippen LogP contribution in [0.1, 0.15) is 379 Å². The molecule has 0 aliphatic heterocycles. The molecule has 0 bridgehead atoms. The Balaban J connectivity index is 3.15. The van der Waals surface area contributed by atoms with Crippen LogP contribution in [0.4, 0.5) is 0 Å². The average molecular weight is 958 g/mol. The van der Waals surface area contributed by atoms with Gasteiger partial charge in [0.15, 0.2) is 0 Å². The largest absolute Gasteiger partial charge is 0.481 e. The summed E-state index contributed by atoms with van der Waals surface area (Å²) in [7, 11) is 0. The summed E-state index contributed by atoms with van der Waals surface area (Å²) in [6.45, 7) is 2.92. The van der Waals surface area contributed by atoms with Gasteiger partial charge in [-0.05, 0) is 44.9 Å². The highest BCUT2D eigenvalue weighted by Gasteiger charge is 2.04. The second kappa shape index (κ2) is 61.8. The summed E-state index contributed by atoms with van der Waals surface area (Å²) in [6.07, 6.45) is 82.2. The minimum atomic E-state index is -0.650. The van der Waals surface area contributed by atoms with Gasteiger partial charge in [-0.15, -0.1) is 0 Å². The first-order valence-corrected chi connectivity index (χ1v) is 31.7. The fraction of sp³-hybridized carbons (Fsp3) is 0.938. The Hall–Kier alpha value is -1.32. The number of rotatable bonds is 61. The van der Waals surface area contributed by atoms with Crippen molar-refractivity contribution in [1.82, 2.24) is 0 Å². The number of carbonyl (C=O) groups excluding carboxylic acids is 1. The second-order valence-corrected chi connectivity index (χ2v) is 21.9. The van der Waals surface area contributed by atoms with Crippen LogP contribution in [0, 0.1) is 0 Å². The summed E-state index contributed by atoms with van der Waals surface area (Å²) in [6, 6.07) is 0. The lowest BCUT2D eigenvalue weighted by Crippen LogP contribution is -2.05. The molecule has 1 N–H and O–H groups in total. The smallest absolute Gasteiger partial charge is 0.305 e. The molecule has 0 saturated heterocycles.